The second kappa shape index (κ2) is 8.44. The first kappa shape index (κ1) is 19.1. The van der Waals surface area contributed by atoms with Gasteiger partial charge in [0.25, 0.3) is 0 Å². The largest absolute Gasteiger partial charge is 0.494 e. The van der Waals surface area contributed by atoms with Crippen molar-refractivity contribution in [1.82, 2.24) is 35.2 Å². The first-order valence-corrected chi connectivity index (χ1v) is 9.95. The third-order valence-electron chi connectivity index (χ3n) is 5.04. The summed E-state index contributed by atoms with van der Waals surface area (Å²) in [5, 5.41) is 10.9. The summed E-state index contributed by atoms with van der Waals surface area (Å²) in [5.74, 6) is 2.59. The summed E-state index contributed by atoms with van der Waals surface area (Å²) in [4.78, 5) is 26.3. The molecule has 0 bridgehead atoms. The summed E-state index contributed by atoms with van der Waals surface area (Å²) in [5.41, 5.74) is 2.28. The second-order valence-corrected chi connectivity index (χ2v) is 7.15. The third kappa shape index (κ3) is 4.05. The third-order valence-corrected chi connectivity index (χ3v) is 5.04. The van der Waals surface area contributed by atoms with E-state index in [0.717, 1.165) is 42.0 Å². The highest BCUT2D eigenvalue weighted by atomic mass is 16.5. The minimum absolute atomic E-state index is 0.288. The highest BCUT2D eigenvalue weighted by Gasteiger charge is 2.20. The van der Waals surface area contributed by atoms with Crippen LogP contribution >= 0.6 is 0 Å². The predicted molar refractivity (Wildman–Crippen MR) is 117 cm³/mol. The molecule has 1 saturated heterocycles. The number of ether oxygens (including phenoxy) is 1. The maximum Gasteiger partial charge on any atom is 0.162 e. The smallest absolute Gasteiger partial charge is 0.162 e. The molecule has 1 atom stereocenters. The number of anilines is 3. The van der Waals surface area contributed by atoms with E-state index in [2.05, 4.69) is 35.9 Å². The molecule has 4 aromatic rings. The number of hydrogen-bond acceptors (Lipinski definition) is 10. The van der Waals surface area contributed by atoms with Gasteiger partial charge in [-0.2, -0.15) is 0 Å². The molecule has 10 nitrogen and oxygen atoms in total. The molecule has 5 heterocycles. The topological polar surface area (TPSA) is 123 Å². The SMILES string of the molecule is COc1cncc2nc(-c3ccnc(Nc4cncnc4)c3)nc(N[C@@H]3CCNC3)c12. The average Bonchev–Trinajstić information content (AvgIpc) is 3.32. The monoisotopic (exact) mass is 415 g/mol. The highest BCUT2D eigenvalue weighted by Crippen LogP contribution is 2.32. The molecule has 0 radical (unpaired) electrons. The molecule has 0 aliphatic carbocycles. The molecule has 1 aliphatic rings. The van der Waals surface area contributed by atoms with Crippen LogP contribution in [0.2, 0.25) is 0 Å². The van der Waals surface area contributed by atoms with Crippen LogP contribution < -0.4 is 20.7 Å². The van der Waals surface area contributed by atoms with Crippen LogP contribution in [0.15, 0.2) is 49.4 Å². The summed E-state index contributed by atoms with van der Waals surface area (Å²) in [7, 11) is 1.62. The minimum atomic E-state index is 0.288. The number of pyridine rings is 2. The van der Waals surface area contributed by atoms with Crippen molar-refractivity contribution < 1.29 is 4.74 Å². The standard InChI is InChI=1S/C21H21N9O/c1-31-17-11-23-10-16-19(17)21(28-14-3-4-22-7-14)30-20(29-16)13-2-5-26-18(6-13)27-15-8-24-12-25-9-15/h2,5-6,8-12,14,22H,3-4,7H2,1H3,(H,26,27)(H,28,29,30)/t14-/m1/s1. The van der Waals surface area contributed by atoms with Crippen molar-refractivity contribution in [2.75, 3.05) is 30.8 Å². The van der Waals surface area contributed by atoms with Gasteiger partial charge in [0.15, 0.2) is 5.82 Å². The van der Waals surface area contributed by atoms with Crippen molar-refractivity contribution >= 4 is 28.2 Å². The van der Waals surface area contributed by atoms with Gasteiger partial charge in [-0.1, -0.05) is 0 Å². The Bertz CT molecular complexity index is 1200. The van der Waals surface area contributed by atoms with Crippen LogP contribution in [0, 0.1) is 0 Å². The molecule has 0 unspecified atom stereocenters. The van der Waals surface area contributed by atoms with Crippen LogP contribution in [0.4, 0.5) is 17.3 Å². The van der Waals surface area contributed by atoms with Gasteiger partial charge in [-0.25, -0.2) is 24.9 Å². The molecular weight excluding hydrogens is 394 g/mol. The molecule has 0 amide bonds. The van der Waals surface area contributed by atoms with Crippen molar-refractivity contribution in [1.29, 1.82) is 0 Å². The summed E-state index contributed by atoms with van der Waals surface area (Å²) in [6.07, 6.45) is 11.0. The molecule has 5 rings (SSSR count). The molecule has 156 valence electrons. The quantitative estimate of drug-likeness (QED) is 0.432. The number of methoxy groups -OCH3 is 1. The van der Waals surface area contributed by atoms with E-state index in [0.29, 0.717) is 22.9 Å². The van der Waals surface area contributed by atoms with Gasteiger partial charge in [-0.15, -0.1) is 0 Å². The Morgan fingerprint density at radius 1 is 1.10 bits per heavy atom. The molecule has 0 saturated carbocycles. The van der Waals surface area contributed by atoms with Crippen LogP contribution in [-0.4, -0.2) is 56.1 Å². The van der Waals surface area contributed by atoms with Crippen molar-refractivity contribution in [2.45, 2.75) is 12.5 Å². The fourth-order valence-electron chi connectivity index (χ4n) is 3.56. The van der Waals surface area contributed by atoms with Gasteiger partial charge in [0.2, 0.25) is 0 Å². The molecule has 0 spiro atoms. The molecule has 1 aliphatic heterocycles. The summed E-state index contributed by atoms with van der Waals surface area (Å²) >= 11 is 0. The van der Waals surface area contributed by atoms with E-state index < -0.39 is 0 Å². The van der Waals surface area contributed by atoms with Crippen LogP contribution in [0.5, 0.6) is 5.75 Å². The number of fused-ring (bicyclic) bond motifs is 1. The number of aromatic nitrogens is 6. The van der Waals surface area contributed by atoms with Crippen molar-refractivity contribution in [2.24, 2.45) is 0 Å². The second-order valence-electron chi connectivity index (χ2n) is 7.15. The molecule has 10 heteroatoms. The molecule has 4 aromatic heterocycles. The Morgan fingerprint density at radius 3 is 2.81 bits per heavy atom. The van der Waals surface area contributed by atoms with Crippen LogP contribution in [0.25, 0.3) is 22.3 Å². The lowest BCUT2D eigenvalue weighted by Gasteiger charge is -2.16. The van der Waals surface area contributed by atoms with E-state index in [-0.39, 0.29) is 6.04 Å². The maximum atomic E-state index is 5.53. The average molecular weight is 415 g/mol. The van der Waals surface area contributed by atoms with E-state index in [1.54, 1.807) is 38.1 Å². The van der Waals surface area contributed by atoms with E-state index in [1.165, 1.54) is 6.33 Å². The van der Waals surface area contributed by atoms with Crippen molar-refractivity contribution in [3.8, 4) is 17.1 Å². The summed E-state index contributed by atoms with van der Waals surface area (Å²) < 4.78 is 5.53. The molecule has 3 N–H and O–H groups in total. The molecule has 31 heavy (non-hydrogen) atoms. The van der Waals surface area contributed by atoms with Crippen LogP contribution in [-0.2, 0) is 0 Å². The molecule has 1 fully saturated rings. The van der Waals surface area contributed by atoms with E-state index in [4.69, 9.17) is 14.7 Å². The van der Waals surface area contributed by atoms with Gasteiger partial charge in [-0.3, -0.25) is 4.98 Å². The number of nitrogens with one attached hydrogen (secondary N) is 3. The van der Waals surface area contributed by atoms with Gasteiger partial charge in [-0.05, 0) is 25.1 Å². The first-order valence-electron chi connectivity index (χ1n) is 9.95. The highest BCUT2D eigenvalue weighted by molar-refractivity contribution is 5.95. The fourth-order valence-corrected chi connectivity index (χ4v) is 3.56. The fraction of sp³-hybridized carbons (Fsp3) is 0.238. The van der Waals surface area contributed by atoms with E-state index >= 15 is 0 Å². The Labute approximate surface area is 178 Å². The first-order chi connectivity index (χ1) is 15.3. The normalized spacial score (nSPS) is 15.7. The zero-order chi connectivity index (χ0) is 21.0. The van der Waals surface area contributed by atoms with Crippen molar-refractivity contribution in [3.05, 3.63) is 49.4 Å². The van der Waals surface area contributed by atoms with Crippen LogP contribution in [0.1, 0.15) is 6.42 Å². The van der Waals surface area contributed by atoms with Gasteiger partial charge in [0.1, 0.15) is 23.7 Å². The Kier molecular flexibility index (Phi) is 5.19. The van der Waals surface area contributed by atoms with Crippen molar-refractivity contribution in [3.63, 3.8) is 0 Å². The summed E-state index contributed by atoms with van der Waals surface area (Å²) in [6, 6.07) is 4.06. The minimum Gasteiger partial charge on any atom is -0.494 e. The zero-order valence-electron chi connectivity index (χ0n) is 16.9. The lowest BCUT2D eigenvalue weighted by Crippen LogP contribution is -2.23. The lowest BCUT2D eigenvalue weighted by atomic mass is 10.2. The Balaban J connectivity index is 1.56. The Hall–Kier alpha value is -3.92. The van der Waals surface area contributed by atoms with Gasteiger partial charge < -0.3 is 20.7 Å². The van der Waals surface area contributed by atoms with Crippen LogP contribution in [0.3, 0.4) is 0 Å². The van der Waals surface area contributed by atoms with Gasteiger partial charge >= 0.3 is 0 Å². The van der Waals surface area contributed by atoms with Gasteiger partial charge in [0, 0.05) is 24.3 Å². The molecule has 0 aromatic carbocycles. The zero-order valence-corrected chi connectivity index (χ0v) is 16.9. The lowest BCUT2D eigenvalue weighted by molar-refractivity contribution is 0.418. The number of nitrogens with zero attached hydrogens (tertiary/aromatic N) is 6. The predicted octanol–water partition coefficient (Wildman–Crippen LogP) is 2.40. The van der Waals surface area contributed by atoms with E-state index in [1.807, 2.05) is 12.1 Å². The number of hydrogen-bond donors (Lipinski definition) is 3. The molecular formula is C21H21N9O. The number of rotatable bonds is 6. The summed E-state index contributed by atoms with van der Waals surface area (Å²) in [6.45, 7) is 1.87. The van der Waals surface area contributed by atoms with E-state index in [9.17, 15) is 0 Å². The maximum absolute atomic E-state index is 5.53. The Morgan fingerprint density at radius 2 is 2.00 bits per heavy atom. The van der Waals surface area contributed by atoms with Gasteiger partial charge in [0.05, 0.1) is 48.5 Å².